The van der Waals surface area contributed by atoms with E-state index in [1.54, 1.807) is 19.4 Å². The van der Waals surface area contributed by atoms with E-state index in [1.807, 2.05) is 30.3 Å². The summed E-state index contributed by atoms with van der Waals surface area (Å²) in [4.78, 5) is 0. The number of methoxy groups -OCH3 is 1. The Bertz CT molecular complexity index is 356. The summed E-state index contributed by atoms with van der Waals surface area (Å²) < 4.78 is 10.5. The summed E-state index contributed by atoms with van der Waals surface area (Å²) in [6.07, 6.45) is 8.80. The van der Waals surface area contributed by atoms with Crippen LogP contribution >= 0.6 is 0 Å². The molecular weight excluding hydrogens is 212 g/mol. The van der Waals surface area contributed by atoms with Crippen molar-refractivity contribution in [2.75, 3.05) is 13.7 Å². The SMILES string of the molecule is C=Cc1ccccc1OC=CCCCCOC. The maximum atomic E-state index is 5.55. The van der Waals surface area contributed by atoms with Crippen LogP contribution in [0.15, 0.2) is 43.2 Å². The minimum Gasteiger partial charge on any atom is -0.465 e. The molecule has 92 valence electrons. The molecule has 0 heterocycles. The maximum absolute atomic E-state index is 5.55. The molecule has 0 saturated heterocycles. The lowest BCUT2D eigenvalue weighted by atomic mass is 10.2. The molecule has 0 amide bonds. The molecule has 1 aromatic carbocycles. The van der Waals surface area contributed by atoms with Crippen LogP contribution in [0, 0.1) is 0 Å². The number of unbranched alkanes of at least 4 members (excludes halogenated alkanes) is 2. The van der Waals surface area contributed by atoms with Crippen LogP contribution in [0.1, 0.15) is 24.8 Å². The first kappa shape index (κ1) is 13.5. The molecule has 0 radical (unpaired) electrons. The Morgan fingerprint density at radius 3 is 2.82 bits per heavy atom. The van der Waals surface area contributed by atoms with Gasteiger partial charge in [-0.3, -0.25) is 0 Å². The summed E-state index contributed by atoms with van der Waals surface area (Å²) in [6.45, 7) is 4.58. The number of benzene rings is 1. The van der Waals surface area contributed by atoms with Crippen LogP contribution in [-0.4, -0.2) is 13.7 Å². The highest BCUT2D eigenvalue weighted by Crippen LogP contribution is 2.18. The zero-order chi connectivity index (χ0) is 12.3. The second-order valence-electron chi connectivity index (χ2n) is 3.72. The molecule has 0 atom stereocenters. The van der Waals surface area contributed by atoms with Gasteiger partial charge >= 0.3 is 0 Å². The summed E-state index contributed by atoms with van der Waals surface area (Å²) in [6, 6.07) is 7.84. The monoisotopic (exact) mass is 232 g/mol. The van der Waals surface area contributed by atoms with Gasteiger partial charge in [0, 0.05) is 19.3 Å². The summed E-state index contributed by atoms with van der Waals surface area (Å²) in [5, 5.41) is 0. The zero-order valence-electron chi connectivity index (χ0n) is 10.4. The minimum absolute atomic E-state index is 0.827. The van der Waals surface area contributed by atoms with Gasteiger partial charge in [-0.05, 0) is 31.4 Å². The molecular formula is C15H20O2. The van der Waals surface area contributed by atoms with Crippen molar-refractivity contribution in [1.82, 2.24) is 0 Å². The fourth-order valence-corrected chi connectivity index (χ4v) is 1.45. The molecule has 0 N–H and O–H groups in total. The van der Waals surface area contributed by atoms with Crippen LogP contribution in [0.25, 0.3) is 6.08 Å². The number of para-hydroxylation sites is 1. The molecule has 0 aliphatic heterocycles. The number of allylic oxidation sites excluding steroid dienone is 1. The normalized spacial score (nSPS) is 10.6. The Kier molecular flexibility index (Phi) is 6.84. The van der Waals surface area contributed by atoms with Crippen molar-refractivity contribution in [1.29, 1.82) is 0 Å². The Balaban J connectivity index is 2.29. The second-order valence-corrected chi connectivity index (χ2v) is 3.72. The van der Waals surface area contributed by atoms with E-state index in [4.69, 9.17) is 9.47 Å². The first-order valence-corrected chi connectivity index (χ1v) is 5.90. The molecule has 1 rings (SSSR count). The third-order valence-electron chi connectivity index (χ3n) is 2.40. The highest BCUT2D eigenvalue weighted by molar-refractivity contribution is 5.55. The van der Waals surface area contributed by atoms with Gasteiger partial charge in [0.2, 0.25) is 0 Å². The first-order valence-electron chi connectivity index (χ1n) is 5.90. The first-order chi connectivity index (χ1) is 8.38. The summed E-state index contributed by atoms with van der Waals surface area (Å²) in [5.41, 5.74) is 1.01. The van der Waals surface area contributed by atoms with Gasteiger partial charge in [-0.2, -0.15) is 0 Å². The van der Waals surface area contributed by atoms with Crippen LogP contribution < -0.4 is 4.74 Å². The lowest BCUT2D eigenvalue weighted by Gasteiger charge is -2.03. The Morgan fingerprint density at radius 2 is 2.06 bits per heavy atom. The van der Waals surface area contributed by atoms with Crippen molar-refractivity contribution >= 4 is 6.08 Å². The summed E-state index contributed by atoms with van der Waals surface area (Å²) in [5.74, 6) is 0.843. The van der Waals surface area contributed by atoms with Gasteiger partial charge in [-0.1, -0.05) is 30.9 Å². The molecule has 0 unspecified atom stereocenters. The van der Waals surface area contributed by atoms with E-state index in [2.05, 4.69) is 6.58 Å². The fourth-order valence-electron chi connectivity index (χ4n) is 1.45. The average molecular weight is 232 g/mol. The molecule has 17 heavy (non-hydrogen) atoms. The Hall–Kier alpha value is -1.54. The van der Waals surface area contributed by atoms with Crippen molar-refractivity contribution in [3.05, 3.63) is 48.7 Å². The quantitative estimate of drug-likeness (QED) is 0.497. The van der Waals surface area contributed by atoms with E-state index in [-0.39, 0.29) is 0 Å². The molecule has 1 aromatic rings. The minimum atomic E-state index is 0.827. The maximum Gasteiger partial charge on any atom is 0.133 e. The van der Waals surface area contributed by atoms with Crippen molar-refractivity contribution in [2.24, 2.45) is 0 Å². The van der Waals surface area contributed by atoms with Crippen LogP contribution in [0.4, 0.5) is 0 Å². The fraction of sp³-hybridized carbons (Fsp3) is 0.333. The van der Waals surface area contributed by atoms with Crippen molar-refractivity contribution in [3.8, 4) is 5.75 Å². The smallest absolute Gasteiger partial charge is 0.133 e. The van der Waals surface area contributed by atoms with E-state index in [1.165, 1.54) is 0 Å². The standard InChI is InChI=1S/C15H20O2/c1-3-14-10-6-7-11-15(14)17-13-9-5-4-8-12-16-2/h3,6-7,9-11,13H,1,4-5,8,12H2,2H3. The van der Waals surface area contributed by atoms with E-state index in [0.717, 1.165) is 37.2 Å². The summed E-state index contributed by atoms with van der Waals surface area (Å²) >= 11 is 0. The molecule has 0 aliphatic rings. The van der Waals surface area contributed by atoms with Gasteiger partial charge in [-0.15, -0.1) is 0 Å². The number of rotatable bonds is 8. The Morgan fingerprint density at radius 1 is 1.24 bits per heavy atom. The van der Waals surface area contributed by atoms with Gasteiger partial charge in [0.1, 0.15) is 5.75 Å². The predicted octanol–water partition coefficient (Wildman–Crippen LogP) is 4.04. The van der Waals surface area contributed by atoms with Gasteiger partial charge in [-0.25, -0.2) is 0 Å². The van der Waals surface area contributed by atoms with Gasteiger partial charge < -0.3 is 9.47 Å². The van der Waals surface area contributed by atoms with Crippen LogP contribution in [0.2, 0.25) is 0 Å². The molecule has 0 saturated carbocycles. The van der Waals surface area contributed by atoms with E-state index in [0.29, 0.717) is 0 Å². The van der Waals surface area contributed by atoms with E-state index < -0.39 is 0 Å². The third-order valence-corrected chi connectivity index (χ3v) is 2.40. The second kappa shape index (κ2) is 8.59. The van der Waals surface area contributed by atoms with Crippen molar-refractivity contribution < 1.29 is 9.47 Å². The average Bonchev–Trinajstić information content (AvgIpc) is 2.38. The number of ether oxygens (including phenoxy) is 2. The molecule has 0 aliphatic carbocycles. The largest absolute Gasteiger partial charge is 0.465 e. The van der Waals surface area contributed by atoms with Crippen molar-refractivity contribution in [3.63, 3.8) is 0 Å². The Labute approximate surface area is 104 Å². The predicted molar refractivity (Wildman–Crippen MR) is 72.0 cm³/mol. The molecule has 0 bridgehead atoms. The van der Waals surface area contributed by atoms with Gasteiger partial charge in [0.05, 0.1) is 6.26 Å². The molecule has 2 nitrogen and oxygen atoms in total. The molecule has 2 heteroatoms. The summed E-state index contributed by atoms with van der Waals surface area (Å²) in [7, 11) is 1.73. The highest BCUT2D eigenvalue weighted by Gasteiger charge is 1.95. The molecule has 0 fully saturated rings. The molecule has 0 aromatic heterocycles. The number of hydrogen-bond donors (Lipinski definition) is 0. The van der Waals surface area contributed by atoms with Crippen LogP contribution in [-0.2, 0) is 4.74 Å². The topological polar surface area (TPSA) is 18.5 Å². The molecule has 0 spiro atoms. The highest BCUT2D eigenvalue weighted by atomic mass is 16.5. The van der Waals surface area contributed by atoms with Crippen LogP contribution in [0.3, 0.4) is 0 Å². The number of hydrogen-bond acceptors (Lipinski definition) is 2. The third kappa shape index (κ3) is 5.36. The zero-order valence-corrected chi connectivity index (χ0v) is 10.4. The van der Waals surface area contributed by atoms with E-state index >= 15 is 0 Å². The lowest BCUT2D eigenvalue weighted by Crippen LogP contribution is -1.88. The van der Waals surface area contributed by atoms with Crippen LogP contribution in [0.5, 0.6) is 5.75 Å². The van der Waals surface area contributed by atoms with E-state index in [9.17, 15) is 0 Å². The lowest BCUT2D eigenvalue weighted by molar-refractivity contribution is 0.193. The van der Waals surface area contributed by atoms with Gasteiger partial charge in [0.25, 0.3) is 0 Å². The van der Waals surface area contributed by atoms with Crippen molar-refractivity contribution in [2.45, 2.75) is 19.3 Å². The van der Waals surface area contributed by atoms with Gasteiger partial charge in [0.15, 0.2) is 0 Å².